The van der Waals surface area contributed by atoms with Gasteiger partial charge in [-0.2, -0.15) is 0 Å². The fraction of sp³-hybridized carbons (Fsp3) is 0.353. The Morgan fingerprint density at radius 2 is 1.90 bits per heavy atom. The van der Waals surface area contributed by atoms with E-state index in [1.165, 1.54) is 17.8 Å². The number of nitrogens with zero attached hydrogens (tertiary/aromatic N) is 1. The lowest BCUT2D eigenvalue weighted by Gasteiger charge is -2.22. The minimum Gasteiger partial charge on any atom is -0.496 e. The standard InChI is InChI=1S/C17H21FN2O/c1-11-5-8-17(21-4)15(9-11)12(2)20-13(3)16-7-6-14(18)10-19-16/h5-10,12-13,20H,1-4H3. The molecule has 112 valence electrons. The highest BCUT2D eigenvalue weighted by molar-refractivity contribution is 5.39. The predicted octanol–water partition coefficient (Wildman–Crippen LogP) is 3.95. The summed E-state index contributed by atoms with van der Waals surface area (Å²) in [6.45, 7) is 6.15. The second-order valence-electron chi connectivity index (χ2n) is 5.26. The van der Waals surface area contributed by atoms with E-state index in [-0.39, 0.29) is 17.9 Å². The first-order chi connectivity index (χ1) is 10.0. The molecule has 0 amide bonds. The first-order valence-electron chi connectivity index (χ1n) is 7.03. The van der Waals surface area contributed by atoms with Gasteiger partial charge in [-0.05, 0) is 39.0 Å². The molecule has 4 heteroatoms. The molecule has 0 saturated carbocycles. The van der Waals surface area contributed by atoms with E-state index in [2.05, 4.69) is 30.2 Å². The van der Waals surface area contributed by atoms with Crippen LogP contribution < -0.4 is 10.1 Å². The molecule has 0 spiro atoms. The minimum absolute atomic E-state index is 0.0193. The molecule has 0 saturated heterocycles. The third-order valence-electron chi connectivity index (χ3n) is 3.55. The summed E-state index contributed by atoms with van der Waals surface area (Å²) in [6.07, 6.45) is 1.24. The first kappa shape index (κ1) is 15.4. The number of benzene rings is 1. The summed E-state index contributed by atoms with van der Waals surface area (Å²) in [5.41, 5.74) is 3.10. The number of ether oxygens (including phenoxy) is 1. The van der Waals surface area contributed by atoms with Crippen LogP contribution in [0.25, 0.3) is 0 Å². The van der Waals surface area contributed by atoms with Crippen molar-refractivity contribution in [2.24, 2.45) is 0 Å². The lowest BCUT2D eigenvalue weighted by molar-refractivity contribution is 0.395. The van der Waals surface area contributed by atoms with Crippen molar-refractivity contribution in [2.75, 3.05) is 7.11 Å². The van der Waals surface area contributed by atoms with Crippen molar-refractivity contribution in [2.45, 2.75) is 32.9 Å². The van der Waals surface area contributed by atoms with Crippen LogP contribution in [0.1, 0.15) is 42.8 Å². The van der Waals surface area contributed by atoms with E-state index in [0.29, 0.717) is 0 Å². The summed E-state index contributed by atoms with van der Waals surface area (Å²) in [7, 11) is 1.67. The van der Waals surface area contributed by atoms with Crippen molar-refractivity contribution in [3.63, 3.8) is 0 Å². The molecule has 0 fully saturated rings. The monoisotopic (exact) mass is 288 g/mol. The van der Waals surface area contributed by atoms with Crippen LogP contribution in [-0.4, -0.2) is 12.1 Å². The number of aromatic nitrogens is 1. The molecule has 2 unspecified atom stereocenters. The van der Waals surface area contributed by atoms with E-state index in [1.807, 2.05) is 19.1 Å². The molecule has 0 bridgehead atoms. The number of aryl methyl sites for hydroxylation is 1. The van der Waals surface area contributed by atoms with Gasteiger partial charge in [0, 0.05) is 17.6 Å². The Kier molecular flexibility index (Phi) is 4.91. The number of pyridine rings is 1. The summed E-state index contributed by atoms with van der Waals surface area (Å²) >= 11 is 0. The minimum atomic E-state index is -0.320. The third-order valence-corrected chi connectivity index (χ3v) is 3.55. The molecule has 3 nitrogen and oxygen atoms in total. The Hall–Kier alpha value is -1.94. The number of nitrogens with one attached hydrogen (secondary N) is 1. The number of hydrogen-bond donors (Lipinski definition) is 1. The third kappa shape index (κ3) is 3.79. The van der Waals surface area contributed by atoms with Crippen LogP contribution in [0.5, 0.6) is 5.75 Å². The van der Waals surface area contributed by atoms with Gasteiger partial charge in [0.15, 0.2) is 0 Å². The van der Waals surface area contributed by atoms with Crippen LogP contribution in [0.2, 0.25) is 0 Å². The molecular weight excluding hydrogens is 267 g/mol. The van der Waals surface area contributed by atoms with Crippen LogP contribution >= 0.6 is 0 Å². The summed E-state index contributed by atoms with van der Waals surface area (Å²) in [6, 6.07) is 9.36. The van der Waals surface area contributed by atoms with Gasteiger partial charge in [0.05, 0.1) is 19.0 Å². The van der Waals surface area contributed by atoms with Gasteiger partial charge in [-0.1, -0.05) is 17.7 Å². The first-order valence-corrected chi connectivity index (χ1v) is 7.03. The molecule has 0 aliphatic carbocycles. The summed E-state index contributed by atoms with van der Waals surface area (Å²) < 4.78 is 18.3. The van der Waals surface area contributed by atoms with Gasteiger partial charge in [-0.25, -0.2) is 4.39 Å². The number of halogens is 1. The van der Waals surface area contributed by atoms with Crippen molar-refractivity contribution in [1.82, 2.24) is 10.3 Å². The summed E-state index contributed by atoms with van der Waals surface area (Å²) in [5.74, 6) is 0.541. The van der Waals surface area contributed by atoms with Crippen molar-refractivity contribution >= 4 is 0 Å². The van der Waals surface area contributed by atoms with Crippen LogP contribution in [0.3, 0.4) is 0 Å². The zero-order valence-electron chi connectivity index (χ0n) is 12.9. The Labute approximate surface area is 125 Å². The molecule has 1 heterocycles. The zero-order chi connectivity index (χ0) is 15.4. The smallest absolute Gasteiger partial charge is 0.141 e. The Bertz CT molecular complexity index is 598. The number of rotatable bonds is 5. The second-order valence-corrected chi connectivity index (χ2v) is 5.26. The molecule has 2 rings (SSSR count). The van der Waals surface area contributed by atoms with Gasteiger partial charge < -0.3 is 10.1 Å². The van der Waals surface area contributed by atoms with Crippen LogP contribution in [0.15, 0.2) is 36.5 Å². The summed E-state index contributed by atoms with van der Waals surface area (Å²) in [4.78, 5) is 4.12. The SMILES string of the molecule is COc1ccc(C)cc1C(C)NC(C)c1ccc(F)cn1. The van der Waals surface area contributed by atoms with E-state index >= 15 is 0 Å². The lowest BCUT2D eigenvalue weighted by atomic mass is 10.0. The summed E-state index contributed by atoms with van der Waals surface area (Å²) in [5, 5.41) is 3.47. The van der Waals surface area contributed by atoms with Gasteiger partial charge in [0.1, 0.15) is 11.6 Å². The zero-order valence-corrected chi connectivity index (χ0v) is 12.9. The molecule has 1 N–H and O–H groups in total. The van der Waals surface area contributed by atoms with Gasteiger partial charge in [-0.3, -0.25) is 4.98 Å². The Morgan fingerprint density at radius 3 is 2.52 bits per heavy atom. The number of methoxy groups -OCH3 is 1. The van der Waals surface area contributed by atoms with Crippen molar-refractivity contribution in [3.05, 3.63) is 59.2 Å². The number of hydrogen-bond acceptors (Lipinski definition) is 3. The molecule has 2 aromatic rings. The van der Waals surface area contributed by atoms with E-state index in [4.69, 9.17) is 4.74 Å². The second kappa shape index (κ2) is 6.68. The Morgan fingerprint density at radius 1 is 1.14 bits per heavy atom. The largest absolute Gasteiger partial charge is 0.496 e. The molecule has 2 atom stereocenters. The van der Waals surface area contributed by atoms with Crippen molar-refractivity contribution < 1.29 is 9.13 Å². The molecule has 0 aliphatic heterocycles. The van der Waals surface area contributed by atoms with Gasteiger partial charge in [0.2, 0.25) is 0 Å². The highest BCUT2D eigenvalue weighted by Crippen LogP contribution is 2.27. The molecule has 0 radical (unpaired) electrons. The molecule has 1 aromatic heterocycles. The normalized spacial score (nSPS) is 13.8. The maximum absolute atomic E-state index is 12.9. The lowest BCUT2D eigenvalue weighted by Crippen LogP contribution is -2.23. The fourth-order valence-corrected chi connectivity index (χ4v) is 2.39. The van der Waals surface area contributed by atoms with Crippen LogP contribution in [0.4, 0.5) is 4.39 Å². The quantitative estimate of drug-likeness (QED) is 0.904. The topological polar surface area (TPSA) is 34.1 Å². The van der Waals surface area contributed by atoms with Crippen LogP contribution in [-0.2, 0) is 0 Å². The average Bonchev–Trinajstić information content (AvgIpc) is 2.47. The average molecular weight is 288 g/mol. The van der Waals surface area contributed by atoms with Crippen molar-refractivity contribution in [1.29, 1.82) is 0 Å². The van der Waals surface area contributed by atoms with E-state index in [9.17, 15) is 4.39 Å². The van der Waals surface area contributed by atoms with E-state index in [1.54, 1.807) is 13.2 Å². The fourth-order valence-electron chi connectivity index (χ4n) is 2.39. The highest BCUT2D eigenvalue weighted by atomic mass is 19.1. The molecular formula is C17H21FN2O. The van der Waals surface area contributed by atoms with Gasteiger partial charge in [-0.15, -0.1) is 0 Å². The Balaban J connectivity index is 2.15. The van der Waals surface area contributed by atoms with Gasteiger partial charge in [0.25, 0.3) is 0 Å². The molecule has 0 aliphatic rings. The highest BCUT2D eigenvalue weighted by Gasteiger charge is 2.15. The van der Waals surface area contributed by atoms with Crippen LogP contribution in [0, 0.1) is 12.7 Å². The predicted molar refractivity (Wildman–Crippen MR) is 81.9 cm³/mol. The van der Waals surface area contributed by atoms with Crippen molar-refractivity contribution in [3.8, 4) is 5.75 Å². The molecule has 1 aromatic carbocycles. The van der Waals surface area contributed by atoms with E-state index in [0.717, 1.165) is 17.0 Å². The van der Waals surface area contributed by atoms with E-state index < -0.39 is 0 Å². The molecule has 21 heavy (non-hydrogen) atoms. The van der Waals surface area contributed by atoms with Gasteiger partial charge >= 0.3 is 0 Å². The maximum Gasteiger partial charge on any atom is 0.141 e. The maximum atomic E-state index is 12.9.